The van der Waals surface area contributed by atoms with Crippen LogP contribution in [0.5, 0.6) is 11.5 Å². The highest BCUT2D eigenvalue weighted by Gasteiger charge is 2.05. The number of hydrogen-bond donors (Lipinski definition) is 1. The van der Waals surface area contributed by atoms with Crippen LogP contribution in [-0.4, -0.2) is 0 Å². The van der Waals surface area contributed by atoms with E-state index in [1.807, 2.05) is 48.5 Å². The Hall–Kier alpha value is -3.56. The highest BCUT2D eigenvalue weighted by Crippen LogP contribution is 2.25. The van der Waals surface area contributed by atoms with Crippen LogP contribution in [0.1, 0.15) is 22.3 Å². The van der Waals surface area contributed by atoms with E-state index in [0.29, 0.717) is 13.2 Å². The molecule has 0 saturated heterocycles. The zero-order valence-electron chi connectivity index (χ0n) is 17.5. The van der Waals surface area contributed by atoms with Crippen molar-refractivity contribution in [1.82, 2.24) is 5.32 Å². The van der Waals surface area contributed by atoms with Gasteiger partial charge in [-0.15, -0.1) is 0 Å². The molecule has 0 unspecified atom stereocenters. The molecule has 4 aromatic rings. The fourth-order valence-electron chi connectivity index (χ4n) is 3.33. The molecule has 0 amide bonds. The molecule has 0 aliphatic carbocycles. The van der Waals surface area contributed by atoms with Crippen LogP contribution in [-0.2, 0) is 26.3 Å². The molecule has 3 heteroatoms. The molecule has 3 nitrogen and oxygen atoms in total. The van der Waals surface area contributed by atoms with Crippen LogP contribution < -0.4 is 14.8 Å². The molecule has 0 atom stereocenters. The van der Waals surface area contributed by atoms with Gasteiger partial charge in [-0.2, -0.15) is 0 Å². The van der Waals surface area contributed by atoms with Crippen molar-refractivity contribution in [2.75, 3.05) is 0 Å². The molecule has 4 aromatic carbocycles. The van der Waals surface area contributed by atoms with Crippen LogP contribution in [0.25, 0.3) is 0 Å². The Balaban J connectivity index is 1.43. The first kappa shape index (κ1) is 20.7. The fourth-order valence-corrected chi connectivity index (χ4v) is 3.33. The molecule has 0 spiro atoms. The Morgan fingerprint density at radius 1 is 0.452 bits per heavy atom. The topological polar surface area (TPSA) is 30.5 Å². The average Bonchev–Trinajstić information content (AvgIpc) is 2.83. The van der Waals surface area contributed by atoms with E-state index in [1.54, 1.807) is 0 Å². The van der Waals surface area contributed by atoms with Crippen molar-refractivity contribution >= 4 is 0 Å². The molecule has 156 valence electrons. The predicted molar refractivity (Wildman–Crippen MR) is 125 cm³/mol. The second kappa shape index (κ2) is 11.0. The molecule has 0 aliphatic heterocycles. The van der Waals surface area contributed by atoms with E-state index < -0.39 is 0 Å². The Morgan fingerprint density at radius 2 is 0.871 bits per heavy atom. The number of nitrogens with one attached hydrogen (secondary N) is 1. The quantitative estimate of drug-likeness (QED) is 0.341. The average molecular weight is 410 g/mol. The summed E-state index contributed by atoms with van der Waals surface area (Å²) in [6.45, 7) is 2.61. The van der Waals surface area contributed by atoms with Gasteiger partial charge in [0, 0.05) is 19.2 Å². The van der Waals surface area contributed by atoms with Crippen LogP contribution in [0.2, 0.25) is 0 Å². The first-order valence-electron chi connectivity index (χ1n) is 10.6. The second-order valence-electron chi connectivity index (χ2n) is 7.45. The molecule has 0 aliphatic rings. The molecular formula is C28H27NO2. The summed E-state index contributed by atoms with van der Waals surface area (Å²) in [4.78, 5) is 0. The smallest absolute Gasteiger partial charge is 0.123 e. The van der Waals surface area contributed by atoms with E-state index in [-0.39, 0.29) is 0 Å². The van der Waals surface area contributed by atoms with E-state index in [0.717, 1.165) is 41.3 Å². The Morgan fingerprint density at radius 3 is 1.35 bits per heavy atom. The van der Waals surface area contributed by atoms with E-state index in [2.05, 4.69) is 66.0 Å². The van der Waals surface area contributed by atoms with Crippen molar-refractivity contribution in [1.29, 1.82) is 0 Å². The SMILES string of the molecule is c1ccc(CNCc2cc(OCc3ccccc3)cc(OCc3ccccc3)c2)cc1. The second-order valence-corrected chi connectivity index (χ2v) is 7.45. The maximum atomic E-state index is 6.08. The van der Waals surface area contributed by atoms with Crippen molar-refractivity contribution in [3.63, 3.8) is 0 Å². The molecule has 0 fully saturated rings. The lowest BCUT2D eigenvalue weighted by Crippen LogP contribution is -2.13. The van der Waals surface area contributed by atoms with Gasteiger partial charge in [0.05, 0.1) is 0 Å². The molecule has 0 saturated carbocycles. The lowest BCUT2D eigenvalue weighted by molar-refractivity contribution is 0.289. The van der Waals surface area contributed by atoms with Gasteiger partial charge < -0.3 is 14.8 Å². The normalized spacial score (nSPS) is 10.6. The zero-order chi connectivity index (χ0) is 21.1. The van der Waals surface area contributed by atoms with Gasteiger partial charge in [0.1, 0.15) is 24.7 Å². The highest BCUT2D eigenvalue weighted by atomic mass is 16.5. The van der Waals surface area contributed by atoms with Gasteiger partial charge in [-0.25, -0.2) is 0 Å². The summed E-state index contributed by atoms with van der Waals surface area (Å²) < 4.78 is 12.2. The van der Waals surface area contributed by atoms with Crippen molar-refractivity contribution in [2.45, 2.75) is 26.3 Å². The minimum atomic E-state index is 0.528. The van der Waals surface area contributed by atoms with Gasteiger partial charge in [0.15, 0.2) is 0 Å². The maximum absolute atomic E-state index is 6.08. The molecule has 0 heterocycles. The third-order valence-electron chi connectivity index (χ3n) is 4.94. The highest BCUT2D eigenvalue weighted by molar-refractivity contribution is 5.39. The number of benzene rings is 4. The van der Waals surface area contributed by atoms with Crippen LogP contribution >= 0.6 is 0 Å². The molecule has 0 radical (unpaired) electrons. The van der Waals surface area contributed by atoms with Crippen molar-refractivity contribution in [2.24, 2.45) is 0 Å². The summed E-state index contributed by atoms with van der Waals surface area (Å²) in [6.07, 6.45) is 0. The van der Waals surface area contributed by atoms with E-state index in [1.165, 1.54) is 5.56 Å². The standard InChI is InChI=1S/C28H27NO2/c1-4-10-23(11-5-1)19-29-20-26-16-27(30-21-24-12-6-2-7-13-24)18-28(17-26)31-22-25-14-8-3-9-15-25/h1-18,29H,19-22H2. The van der Waals surface area contributed by atoms with Gasteiger partial charge in [-0.3, -0.25) is 0 Å². The lowest BCUT2D eigenvalue weighted by atomic mass is 10.1. The van der Waals surface area contributed by atoms with Crippen LogP contribution in [0.4, 0.5) is 0 Å². The van der Waals surface area contributed by atoms with Crippen molar-refractivity contribution in [3.8, 4) is 11.5 Å². The van der Waals surface area contributed by atoms with Gasteiger partial charge in [0.2, 0.25) is 0 Å². The summed E-state index contributed by atoms with van der Waals surface area (Å²) in [5, 5.41) is 3.51. The predicted octanol–water partition coefficient (Wildman–Crippen LogP) is 6.13. The lowest BCUT2D eigenvalue weighted by Gasteiger charge is -2.13. The van der Waals surface area contributed by atoms with E-state index >= 15 is 0 Å². The number of hydrogen-bond acceptors (Lipinski definition) is 3. The fraction of sp³-hybridized carbons (Fsp3) is 0.143. The summed E-state index contributed by atoms with van der Waals surface area (Å²) in [5.74, 6) is 1.62. The van der Waals surface area contributed by atoms with Gasteiger partial charge >= 0.3 is 0 Å². The maximum Gasteiger partial charge on any atom is 0.123 e. The Bertz CT molecular complexity index is 988. The summed E-state index contributed by atoms with van der Waals surface area (Å²) >= 11 is 0. The summed E-state index contributed by atoms with van der Waals surface area (Å²) in [6, 6.07) is 36.9. The van der Waals surface area contributed by atoms with Gasteiger partial charge in [0.25, 0.3) is 0 Å². The minimum absolute atomic E-state index is 0.528. The summed E-state index contributed by atoms with van der Waals surface area (Å²) in [5.41, 5.74) is 4.67. The first-order valence-corrected chi connectivity index (χ1v) is 10.6. The summed E-state index contributed by atoms with van der Waals surface area (Å²) in [7, 11) is 0. The van der Waals surface area contributed by atoms with Crippen LogP contribution in [0.15, 0.2) is 109 Å². The van der Waals surface area contributed by atoms with Crippen LogP contribution in [0, 0.1) is 0 Å². The third-order valence-corrected chi connectivity index (χ3v) is 4.94. The molecular weight excluding hydrogens is 382 g/mol. The molecule has 1 N–H and O–H groups in total. The monoisotopic (exact) mass is 409 g/mol. The van der Waals surface area contributed by atoms with E-state index in [9.17, 15) is 0 Å². The number of rotatable bonds is 10. The number of ether oxygens (including phenoxy) is 2. The molecule has 0 aromatic heterocycles. The van der Waals surface area contributed by atoms with E-state index in [4.69, 9.17) is 9.47 Å². The largest absolute Gasteiger partial charge is 0.489 e. The molecule has 4 rings (SSSR count). The third kappa shape index (κ3) is 6.73. The van der Waals surface area contributed by atoms with Gasteiger partial charge in [-0.05, 0) is 34.4 Å². The van der Waals surface area contributed by atoms with Gasteiger partial charge in [-0.1, -0.05) is 91.0 Å². The Kier molecular flexibility index (Phi) is 7.35. The molecule has 31 heavy (non-hydrogen) atoms. The Labute approximate surface area is 184 Å². The van der Waals surface area contributed by atoms with Crippen molar-refractivity contribution in [3.05, 3.63) is 131 Å². The first-order chi connectivity index (χ1) is 15.3. The zero-order valence-corrected chi connectivity index (χ0v) is 17.5. The minimum Gasteiger partial charge on any atom is -0.489 e. The van der Waals surface area contributed by atoms with Crippen LogP contribution in [0.3, 0.4) is 0 Å². The van der Waals surface area contributed by atoms with Crippen molar-refractivity contribution < 1.29 is 9.47 Å². The molecule has 0 bridgehead atoms.